The Balaban J connectivity index is 1.94. The lowest BCUT2D eigenvalue weighted by atomic mass is 9.99. The molecule has 0 bridgehead atoms. The van der Waals surface area contributed by atoms with Gasteiger partial charge in [-0.25, -0.2) is 9.59 Å². The summed E-state index contributed by atoms with van der Waals surface area (Å²) in [7, 11) is 2.18. The predicted molar refractivity (Wildman–Crippen MR) is 128 cm³/mol. The van der Waals surface area contributed by atoms with E-state index in [9.17, 15) is 27.6 Å². The molecule has 0 radical (unpaired) electrons. The number of nitrogens with one attached hydrogen (secondary N) is 1. The van der Waals surface area contributed by atoms with E-state index in [0.717, 1.165) is 24.1 Å². The molecule has 2 aromatic carbocycles. The number of ether oxygens (including phenoxy) is 2. The summed E-state index contributed by atoms with van der Waals surface area (Å²) in [5.74, 6) is -0.257. The van der Waals surface area contributed by atoms with Crippen molar-refractivity contribution in [2.24, 2.45) is 7.05 Å². The number of aromatic nitrogens is 3. The fourth-order valence-electron chi connectivity index (χ4n) is 3.84. The average molecular weight is 520 g/mol. The van der Waals surface area contributed by atoms with Crippen molar-refractivity contribution >= 4 is 27.6 Å². The van der Waals surface area contributed by atoms with Crippen LogP contribution in [0.4, 0.5) is 13.2 Å². The number of nitrogens with zero attached hydrogens (tertiary/aromatic N) is 2. The van der Waals surface area contributed by atoms with Gasteiger partial charge in [-0.15, -0.1) is 0 Å². The van der Waals surface area contributed by atoms with Crippen molar-refractivity contribution in [1.82, 2.24) is 13.9 Å². The molecule has 8 nitrogen and oxygen atoms in total. The first kappa shape index (κ1) is 25.2. The van der Waals surface area contributed by atoms with Gasteiger partial charge in [0.1, 0.15) is 11.4 Å². The van der Waals surface area contributed by atoms with Crippen LogP contribution >= 0.6 is 11.5 Å². The quantitative estimate of drug-likeness (QED) is 0.395. The number of H-pyrrole nitrogens is 1. The van der Waals surface area contributed by atoms with Gasteiger partial charge in [-0.3, -0.25) is 14.3 Å². The maximum Gasteiger partial charge on any atom is 0.432 e. The molecule has 2 heterocycles. The predicted octanol–water partition coefficient (Wildman–Crippen LogP) is 4.28. The maximum absolute atomic E-state index is 13.9. The van der Waals surface area contributed by atoms with Gasteiger partial charge in [0.05, 0.1) is 23.1 Å². The molecule has 0 spiro atoms. The Morgan fingerprint density at radius 3 is 2.56 bits per heavy atom. The number of aryl methyl sites for hydroxylation is 1. The zero-order chi connectivity index (χ0) is 26.4. The van der Waals surface area contributed by atoms with E-state index in [1.165, 1.54) is 26.2 Å². The van der Waals surface area contributed by atoms with Crippen molar-refractivity contribution in [3.63, 3.8) is 0 Å². The van der Waals surface area contributed by atoms with Gasteiger partial charge in [0, 0.05) is 18.0 Å². The second-order valence-electron chi connectivity index (χ2n) is 8.06. The third kappa shape index (κ3) is 4.51. The molecule has 0 aliphatic heterocycles. The van der Waals surface area contributed by atoms with Crippen LogP contribution in [-0.2, 0) is 22.8 Å². The Hall–Kier alpha value is -3.93. The van der Waals surface area contributed by atoms with Crippen molar-refractivity contribution < 1.29 is 27.4 Å². The van der Waals surface area contributed by atoms with Gasteiger partial charge in [0.2, 0.25) is 0 Å². The second-order valence-corrected chi connectivity index (χ2v) is 8.87. The van der Waals surface area contributed by atoms with Crippen LogP contribution < -0.4 is 16.0 Å². The van der Waals surface area contributed by atoms with E-state index in [0.29, 0.717) is 31.7 Å². The molecule has 188 valence electrons. The summed E-state index contributed by atoms with van der Waals surface area (Å²) in [5, 5.41) is 0.472. The number of hydrogen-bond donors (Lipinski definition) is 1. The van der Waals surface area contributed by atoms with Gasteiger partial charge >= 0.3 is 17.8 Å². The Labute approximate surface area is 206 Å². The summed E-state index contributed by atoms with van der Waals surface area (Å²) in [4.78, 5) is 38.3. The van der Waals surface area contributed by atoms with E-state index < -0.39 is 40.8 Å². The van der Waals surface area contributed by atoms with Gasteiger partial charge in [-0.2, -0.15) is 17.5 Å². The minimum atomic E-state index is -4.95. The van der Waals surface area contributed by atoms with Gasteiger partial charge < -0.3 is 9.47 Å². The number of aromatic amines is 1. The van der Waals surface area contributed by atoms with E-state index in [2.05, 4.69) is 4.37 Å². The highest BCUT2D eigenvalue weighted by Gasteiger charge is 2.38. The number of rotatable bonds is 5. The third-order valence-corrected chi connectivity index (χ3v) is 6.41. The van der Waals surface area contributed by atoms with Crippen LogP contribution in [0.5, 0.6) is 5.75 Å². The molecule has 1 N–H and O–H groups in total. The Kier molecular flexibility index (Phi) is 6.48. The number of benzene rings is 2. The summed E-state index contributed by atoms with van der Waals surface area (Å²) in [6, 6.07) is 9.58. The molecule has 0 saturated heterocycles. The van der Waals surface area contributed by atoms with Crippen LogP contribution in [0.15, 0.2) is 46.0 Å². The molecule has 12 heteroatoms. The first-order valence-electron chi connectivity index (χ1n) is 10.6. The van der Waals surface area contributed by atoms with Gasteiger partial charge in [-0.05, 0) is 55.2 Å². The normalized spacial score (nSPS) is 12.5. The summed E-state index contributed by atoms with van der Waals surface area (Å²) in [5.41, 5.74) is -2.62. The first-order chi connectivity index (χ1) is 16.9. The molecule has 36 heavy (non-hydrogen) atoms. The van der Waals surface area contributed by atoms with Gasteiger partial charge in [0.25, 0.3) is 5.56 Å². The highest BCUT2D eigenvalue weighted by atomic mass is 32.1. The lowest BCUT2D eigenvalue weighted by molar-refractivity contribution is -0.148. The molecule has 4 rings (SSSR count). The molecular weight excluding hydrogens is 499 g/mol. The fraction of sp³-hybridized carbons (Fsp3) is 0.250. The molecule has 0 saturated carbocycles. The van der Waals surface area contributed by atoms with Crippen LogP contribution in [0.25, 0.3) is 32.5 Å². The van der Waals surface area contributed by atoms with E-state index in [-0.39, 0.29) is 5.56 Å². The molecule has 0 amide bonds. The van der Waals surface area contributed by atoms with Gasteiger partial charge in [-0.1, -0.05) is 17.7 Å². The SMILES string of the molecule is COC(=O)C(C)Oc1ccc(C)cc1-c1nsc2ccc(-c3c(C(F)(F)F)n(C)c(=O)[nH]c3=O)cc12. The third-order valence-electron chi connectivity index (χ3n) is 5.58. The smallest absolute Gasteiger partial charge is 0.432 e. The number of esters is 1. The minimum Gasteiger partial charge on any atom is -0.478 e. The maximum atomic E-state index is 13.9. The van der Waals surface area contributed by atoms with Crippen LogP contribution in [0.2, 0.25) is 0 Å². The van der Waals surface area contributed by atoms with Crippen molar-refractivity contribution in [3.8, 4) is 28.1 Å². The number of carbonyl (C=O) groups excluding carboxylic acids is 1. The molecule has 4 aromatic rings. The highest BCUT2D eigenvalue weighted by molar-refractivity contribution is 7.13. The monoisotopic (exact) mass is 519 g/mol. The first-order valence-corrected chi connectivity index (χ1v) is 11.4. The topological polar surface area (TPSA) is 103 Å². The number of fused-ring (bicyclic) bond motifs is 1. The molecular formula is C24H20F3N3O5S. The van der Waals surface area contributed by atoms with Crippen LogP contribution in [0.3, 0.4) is 0 Å². The summed E-state index contributed by atoms with van der Waals surface area (Å²) < 4.78 is 57.7. The highest BCUT2D eigenvalue weighted by Crippen LogP contribution is 2.40. The van der Waals surface area contributed by atoms with Crippen molar-refractivity contribution in [2.75, 3.05) is 7.11 Å². The summed E-state index contributed by atoms with van der Waals surface area (Å²) in [6.45, 7) is 3.37. The molecule has 0 fully saturated rings. The summed E-state index contributed by atoms with van der Waals surface area (Å²) in [6.07, 6.45) is -5.88. The number of carbonyl (C=O) groups is 1. The van der Waals surface area contributed by atoms with E-state index in [1.807, 2.05) is 11.9 Å². The zero-order valence-electron chi connectivity index (χ0n) is 19.5. The number of methoxy groups -OCH3 is 1. The average Bonchev–Trinajstić information content (AvgIpc) is 3.24. The standard InChI is InChI=1S/C24H20F3N3O5S/c1-11-5-7-16(35-12(2)22(32)34-4)14(9-11)19-15-10-13(6-8-17(15)36-29-19)18-20(24(25,26)27)30(3)23(33)28-21(18)31/h5-10,12H,1-4H3,(H,28,31,33). The van der Waals surface area contributed by atoms with E-state index in [1.54, 1.807) is 24.3 Å². The Morgan fingerprint density at radius 1 is 1.17 bits per heavy atom. The van der Waals surface area contributed by atoms with E-state index >= 15 is 0 Å². The minimum absolute atomic E-state index is 0.0359. The molecule has 0 aliphatic rings. The van der Waals surface area contributed by atoms with Gasteiger partial charge in [0.15, 0.2) is 6.10 Å². The van der Waals surface area contributed by atoms with Crippen molar-refractivity contribution in [3.05, 3.63) is 68.5 Å². The number of hydrogen-bond acceptors (Lipinski definition) is 7. The number of alkyl halides is 3. The summed E-state index contributed by atoms with van der Waals surface area (Å²) >= 11 is 1.12. The van der Waals surface area contributed by atoms with Crippen LogP contribution in [0.1, 0.15) is 18.2 Å². The largest absolute Gasteiger partial charge is 0.478 e. The van der Waals surface area contributed by atoms with Crippen LogP contribution in [0, 0.1) is 6.92 Å². The lowest BCUT2D eigenvalue weighted by Gasteiger charge is -2.16. The second kappa shape index (κ2) is 9.26. The van der Waals surface area contributed by atoms with E-state index in [4.69, 9.17) is 9.47 Å². The molecule has 0 aliphatic carbocycles. The number of halogens is 3. The van der Waals surface area contributed by atoms with Crippen molar-refractivity contribution in [2.45, 2.75) is 26.1 Å². The van der Waals surface area contributed by atoms with Crippen molar-refractivity contribution in [1.29, 1.82) is 0 Å². The zero-order valence-corrected chi connectivity index (χ0v) is 20.3. The lowest BCUT2D eigenvalue weighted by Crippen LogP contribution is -2.35. The molecule has 1 unspecified atom stereocenters. The molecule has 2 aromatic heterocycles. The molecule has 1 atom stereocenters. The Morgan fingerprint density at radius 2 is 1.89 bits per heavy atom. The fourth-order valence-corrected chi connectivity index (χ4v) is 4.61. The van der Waals surface area contributed by atoms with Crippen LogP contribution in [-0.4, -0.2) is 33.1 Å². The Bertz CT molecular complexity index is 1600.